The third-order valence-corrected chi connectivity index (χ3v) is 3.79. The fourth-order valence-corrected chi connectivity index (χ4v) is 2.42. The molecule has 0 bridgehead atoms. The van der Waals surface area contributed by atoms with Gasteiger partial charge in [-0.1, -0.05) is 39.8 Å². The largest absolute Gasteiger partial charge is 0.370 e. The van der Waals surface area contributed by atoms with Crippen LogP contribution in [0.1, 0.15) is 44.7 Å². The molecule has 0 fully saturated rings. The summed E-state index contributed by atoms with van der Waals surface area (Å²) < 4.78 is 0. The minimum atomic E-state index is 0.395. The maximum Gasteiger partial charge on any atom is 0.0432 e. The Balaban J connectivity index is 3.10. The quantitative estimate of drug-likeness (QED) is 0.863. The average molecular weight is 248 g/mol. The predicted molar refractivity (Wildman–Crippen MR) is 81.4 cm³/mol. The molecule has 0 aliphatic carbocycles. The number of nitrogens with two attached hydrogens (primary N) is 1. The Morgan fingerprint density at radius 3 is 2.22 bits per heavy atom. The third kappa shape index (κ3) is 3.26. The van der Waals surface area contributed by atoms with Crippen LogP contribution in [0, 0.1) is 12.8 Å². The van der Waals surface area contributed by atoms with E-state index in [2.05, 4.69) is 64.8 Å². The van der Waals surface area contributed by atoms with E-state index in [1.807, 2.05) is 0 Å². The first-order valence-electron chi connectivity index (χ1n) is 6.91. The minimum Gasteiger partial charge on any atom is -0.370 e. The van der Waals surface area contributed by atoms with Crippen LogP contribution in [-0.4, -0.2) is 19.6 Å². The smallest absolute Gasteiger partial charge is 0.0432 e. The highest BCUT2D eigenvalue weighted by Crippen LogP contribution is 2.27. The van der Waals surface area contributed by atoms with Crippen molar-refractivity contribution < 1.29 is 0 Å². The Bertz CT molecular complexity index is 383. The van der Waals surface area contributed by atoms with Crippen molar-refractivity contribution in [3.8, 4) is 0 Å². The first-order chi connectivity index (χ1) is 8.38. The summed E-state index contributed by atoms with van der Waals surface area (Å²) in [4.78, 5) is 2.34. The molecule has 102 valence electrons. The van der Waals surface area contributed by atoms with Crippen molar-refractivity contribution in [2.45, 2.75) is 46.6 Å². The molecule has 1 aromatic rings. The van der Waals surface area contributed by atoms with E-state index < -0.39 is 0 Å². The highest BCUT2D eigenvalue weighted by atomic mass is 15.1. The molecule has 0 radical (unpaired) electrons. The first-order valence-corrected chi connectivity index (χ1v) is 6.91. The van der Waals surface area contributed by atoms with Crippen LogP contribution in [0.5, 0.6) is 0 Å². The van der Waals surface area contributed by atoms with Crippen molar-refractivity contribution in [2.75, 3.05) is 18.5 Å². The molecule has 0 saturated heterocycles. The number of hydrogen-bond acceptors (Lipinski definition) is 2. The van der Waals surface area contributed by atoms with Gasteiger partial charge in [0.2, 0.25) is 0 Å². The van der Waals surface area contributed by atoms with Crippen LogP contribution in [0.2, 0.25) is 0 Å². The van der Waals surface area contributed by atoms with E-state index >= 15 is 0 Å². The van der Waals surface area contributed by atoms with Crippen molar-refractivity contribution in [3.63, 3.8) is 0 Å². The molecule has 1 aromatic carbocycles. The summed E-state index contributed by atoms with van der Waals surface area (Å²) >= 11 is 0. The van der Waals surface area contributed by atoms with Gasteiger partial charge in [0.1, 0.15) is 0 Å². The third-order valence-electron chi connectivity index (χ3n) is 3.79. The van der Waals surface area contributed by atoms with E-state index in [0.29, 0.717) is 24.4 Å². The van der Waals surface area contributed by atoms with E-state index in [0.717, 1.165) is 0 Å². The van der Waals surface area contributed by atoms with Crippen LogP contribution in [0.15, 0.2) is 18.2 Å². The Labute approximate surface area is 112 Å². The minimum absolute atomic E-state index is 0.395. The van der Waals surface area contributed by atoms with Gasteiger partial charge in [-0.3, -0.25) is 0 Å². The summed E-state index contributed by atoms with van der Waals surface area (Å²) in [7, 11) is 2.16. The molecular formula is C16H28N2. The van der Waals surface area contributed by atoms with Crippen molar-refractivity contribution in [2.24, 2.45) is 11.7 Å². The van der Waals surface area contributed by atoms with E-state index in [-0.39, 0.29) is 0 Å². The van der Waals surface area contributed by atoms with Crippen LogP contribution >= 0.6 is 0 Å². The van der Waals surface area contributed by atoms with Gasteiger partial charge in [0.15, 0.2) is 0 Å². The summed E-state index contributed by atoms with van der Waals surface area (Å²) in [6.07, 6.45) is 0. The zero-order valence-corrected chi connectivity index (χ0v) is 12.7. The molecule has 0 aliphatic rings. The fourth-order valence-electron chi connectivity index (χ4n) is 2.42. The second-order valence-electron chi connectivity index (χ2n) is 5.86. The van der Waals surface area contributed by atoms with Crippen molar-refractivity contribution in [3.05, 3.63) is 29.3 Å². The van der Waals surface area contributed by atoms with Gasteiger partial charge in [-0.25, -0.2) is 0 Å². The van der Waals surface area contributed by atoms with Crippen molar-refractivity contribution in [1.82, 2.24) is 0 Å². The van der Waals surface area contributed by atoms with E-state index in [9.17, 15) is 0 Å². The monoisotopic (exact) mass is 248 g/mol. The maximum absolute atomic E-state index is 5.92. The number of anilines is 1. The number of benzene rings is 1. The van der Waals surface area contributed by atoms with Gasteiger partial charge in [-0.05, 0) is 36.0 Å². The molecule has 0 spiro atoms. The van der Waals surface area contributed by atoms with Crippen LogP contribution in [0.4, 0.5) is 5.69 Å². The highest BCUT2D eigenvalue weighted by molar-refractivity contribution is 5.55. The lowest BCUT2D eigenvalue weighted by molar-refractivity contribution is 0.479. The molecule has 18 heavy (non-hydrogen) atoms. The molecular weight excluding hydrogens is 220 g/mol. The summed E-state index contributed by atoms with van der Waals surface area (Å²) in [5.41, 5.74) is 9.94. The summed E-state index contributed by atoms with van der Waals surface area (Å²) in [6.45, 7) is 11.8. The first kappa shape index (κ1) is 15.0. The number of rotatable bonds is 5. The van der Waals surface area contributed by atoms with Crippen molar-refractivity contribution in [1.29, 1.82) is 0 Å². The average Bonchev–Trinajstić information content (AvgIpc) is 2.29. The Morgan fingerprint density at radius 1 is 1.17 bits per heavy atom. The van der Waals surface area contributed by atoms with Crippen LogP contribution < -0.4 is 10.6 Å². The lowest BCUT2D eigenvalue weighted by Gasteiger charge is -2.33. The van der Waals surface area contributed by atoms with Gasteiger partial charge < -0.3 is 10.6 Å². The lowest BCUT2D eigenvalue weighted by atomic mass is 9.97. The van der Waals surface area contributed by atoms with E-state index in [1.165, 1.54) is 16.8 Å². The molecule has 2 heteroatoms. The highest BCUT2D eigenvalue weighted by Gasteiger charge is 2.19. The summed E-state index contributed by atoms with van der Waals surface area (Å²) in [5, 5.41) is 0. The zero-order chi connectivity index (χ0) is 13.9. The fraction of sp³-hybridized carbons (Fsp3) is 0.625. The van der Waals surface area contributed by atoms with Gasteiger partial charge in [0.25, 0.3) is 0 Å². The lowest BCUT2D eigenvalue weighted by Crippen LogP contribution is -2.42. The second kappa shape index (κ2) is 6.24. The van der Waals surface area contributed by atoms with Crippen molar-refractivity contribution >= 4 is 5.69 Å². The van der Waals surface area contributed by atoms with E-state index in [4.69, 9.17) is 5.73 Å². The Morgan fingerprint density at radius 2 is 1.78 bits per heavy atom. The van der Waals surface area contributed by atoms with Crippen LogP contribution in [0.25, 0.3) is 0 Å². The number of aryl methyl sites for hydroxylation is 1. The number of likely N-dealkylation sites (N-methyl/N-ethyl adjacent to an activating group) is 1. The van der Waals surface area contributed by atoms with Gasteiger partial charge >= 0.3 is 0 Å². The molecule has 2 nitrogen and oxygen atoms in total. The van der Waals surface area contributed by atoms with E-state index in [1.54, 1.807) is 0 Å². The van der Waals surface area contributed by atoms with Crippen LogP contribution in [-0.2, 0) is 0 Å². The van der Waals surface area contributed by atoms with Crippen LogP contribution in [0.3, 0.4) is 0 Å². The second-order valence-corrected chi connectivity index (χ2v) is 5.86. The molecule has 0 aromatic heterocycles. The Hall–Kier alpha value is -1.02. The topological polar surface area (TPSA) is 29.3 Å². The standard InChI is InChI=1S/C16H28N2/c1-11(2)14-8-7-13(5)15(9-14)18(6)16(10-17)12(3)4/h7-9,11-12,16H,10,17H2,1-6H3. The zero-order valence-electron chi connectivity index (χ0n) is 12.7. The normalized spacial score (nSPS) is 13.2. The SMILES string of the molecule is Cc1ccc(C(C)C)cc1N(C)C(CN)C(C)C. The molecule has 1 rings (SSSR count). The summed E-state index contributed by atoms with van der Waals surface area (Å²) in [6, 6.07) is 7.15. The Kier molecular flexibility index (Phi) is 5.21. The maximum atomic E-state index is 5.92. The van der Waals surface area contributed by atoms with Gasteiger partial charge in [-0.15, -0.1) is 0 Å². The molecule has 1 atom stereocenters. The number of hydrogen-bond donors (Lipinski definition) is 1. The molecule has 1 unspecified atom stereocenters. The molecule has 0 aliphatic heterocycles. The predicted octanol–water partition coefficient (Wildman–Crippen LogP) is 3.54. The van der Waals surface area contributed by atoms with Gasteiger partial charge in [0, 0.05) is 25.3 Å². The number of nitrogens with zero attached hydrogens (tertiary/aromatic N) is 1. The molecule has 0 amide bonds. The molecule has 2 N–H and O–H groups in total. The summed E-state index contributed by atoms with van der Waals surface area (Å²) in [5.74, 6) is 1.12. The van der Waals surface area contributed by atoms with Gasteiger partial charge in [-0.2, -0.15) is 0 Å². The molecule has 0 saturated carbocycles. The van der Waals surface area contributed by atoms with Gasteiger partial charge in [0.05, 0.1) is 0 Å². The molecule has 0 heterocycles.